The third-order valence-corrected chi connectivity index (χ3v) is 5.38. The molecule has 1 rings (SSSR count). The molecule has 0 aromatic carbocycles. The summed E-state index contributed by atoms with van der Waals surface area (Å²) >= 11 is 0. The molecular weight excluding hydrogens is 264 g/mol. The van der Waals surface area contributed by atoms with Crippen LogP contribution in [0.1, 0.15) is 51.9 Å². The van der Waals surface area contributed by atoms with E-state index in [1.54, 1.807) is 0 Å². The van der Waals surface area contributed by atoms with Crippen molar-refractivity contribution in [1.82, 2.24) is 5.32 Å². The predicted molar refractivity (Wildman–Crippen MR) is 76.6 cm³/mol. The summed E-state index contributed by atoms with van der Waals surface area (Å²) < 4.78 is 23.6. The molecule has 6 heteroatoms. The lowest BCUT2D eigenvalue weighted by molar-refractivity contribution is -0.120. The van der Waals surface area contributed by atoms with E-state index in [1.165, 1.54) is 0 Å². The number of hydrogen-bond acceptors (Lipinski definition) is 4. The number of unbranched alkanes of at least 4 members (excludes halogenated alkanes) is 2. The van der Waals surface area contributed by atoms with Crippen LogP contribution in [0.25, 0.3) is 0 Å². The number of rotatable bonds is 8. The fourth-order valence-electron chi connectivity index (χ4n) is 2.61. The smallest absolute Gasteiger partial charge is 0.235 e. The second kappa shape index (κ2) is 7.24. The molecule has 1 saturated carbocycles. The molecule has 0 heterocycles. The van der Waals surface area contributed by atoms with Gasteiger partial charge in [-0.3, -0.25) is 4.79 Å². The topological polar surface area (TPSA) is 89.3 Å². The predicted octanol–water partition coefficient (Wildman–Crippen LogP) is 0.979. The van der Waals surface area contributed by atoms with E-state index < -0.39 is 21.5 Å². The minimum Gasteiger partial charge on any atom is -0.349 e. The molecule has 0 aromatic rings. The Morgan fingerprint density at radius 1 is 1.26 bits per heavy atom. The first kappa shape index (κ1) is 16.4. The van der Waals surface area contributed by atoms with E-state index in [0.29, 0.717) is 13.0 Å². The van der Waals surface area contributed by atoms with Gasteiger partial charge in [-0.2, -0.15) is 0 Å². The highest BCUT2D eigenvalue weighted by Crippen LogP contribution is 2.28. The highest BCUT2D eigenvalue weighted by atomic mass is 32.2. The lowest BCUT2D eigenvalue weighted by atomic mass is 9.98. The molecule has 0 atom stereocenters. The van der Waals surface area contributed by atoms with Crippen LogP contribution < -0.4 is 11.1 Å². The summed E-state index contributed by atoms with van der Waals surface area (Å²) in [5.41, 5.74) is 5.35. The molecule has 0 spiro atoms. The lowest BCUT2D eigenvalue weighted by Crippen LogP contribution is -2.53. The molecule has 0 bridgehead atoms. The van der Waals surface area contributed by atoms with E-state index in [2.05, 4.69) is 5.32 Å². The van der Waals surface area contributed by atoms with Crippen LogP contribution in [0.5, 0.6) is 0 Å². The first-order chi connectivity index (χ1) is 8.93. The van der Waals surface area contributed by atoms with Gasteiger partial charge in [0.25, 0.3) is 0 Å². The molecule has 0 aliphatic heterocycles. The molecule has 1 amide bonds. The van der Waals surface area contributed by atoms with Crippen molar-refractivity contribution in [3.63, 3.8) is 0 Å². The van der Waals surface area contributed by atoms with Crippen molar-refractivity contribution in [2.24, 2.45) is 5.73 Å². The summed E-state index contributed by atoms with van der Waals surface area (Å²) in [5, 5.41) is 2.85. The van der Waals surface area contributed by atoms with Crippen LogP contribution in [0.15, 0.2) is 0 Å². The molecule has 1 aliphatic rings. The second-order valence-electron chi connectivity index (χ2n) is 5.54. The molecule has 3 N–H and O–H groups in total. The Labute approximate surface area is 116 Å². The number of hydrogen-bond donors (Lipinski definition) is 2. The van der Waals surface area contributed by atoms with Gasteiger partial charge in [-0.15, -0.1) is 0 Å². The zero-order chi connectivity index (χ0) is 14.4. The molecule has 0 unspecified atom stereocenters. The van der Waals surface area contributed by atoms with Gasteiger partial charge in [0.15, 0.2) is 9.84 Å². The van der Waals surface area contributed by atoms with Crippen LogP contribution in [-0.2, 0) is 14.6 Å². The Bertz CT molecular complexity index is 387. The maximum absolute atomic E-state index is 11.9. The highest BCUT2D eigenvalue weighted by Gasteiger charge is 2.34. The SMILES string of the molecule is CCCCCS(=O)(=O)CC(=O)NC1(CN)CCCC1. The Kier molecular flexibility index (Phi) is 6.26. The van der Waals surface area contributed by atoms with Gasteiger partial charge < -0.3 is 11.1 Å². The van der Waals surface area contributed by atoms with Crippen molar-refractivity contribution in [2.75, 3.05) is 18.1 Å². The molecular formula is C13H26N2O3S. The van der Waals surface area contributed by atoms with E-state index in [-0.39, 0.29) is 11.3 Å². The molecule has 5 nitrogen and oxygen atoms in total. The monoisotopic (exact) mass is 290 g/mol. The summed E-state index contributed by atoms with van der Waals surface area (Å²) in [5.74, 6) is -0.702. The first-order valence-electron chi connectivity index (χ1n) is 7.14. The Hall–Kier alpha value is -0.620. The summed E-state index contributed by atoms with van der Waals surface area (Å²) in [6.45, 7) is 2.40. The number of nitrogens with two attached hydrogens (primary N) is 1. The van der Waals surface area contributed by atoms with E-state index in [4.69, 9.17) is 5.73 Å². The van der Waals surface area contributed by atoms with Crippen LogP contribution in [0.2, 0.25) is 0 Å². The first-order valence-corrected chi connectivity index (χ1v) is 8.97. The Morgan fingerprint density at radius 3 is 2.42 bits per heavy atom. The summed E-state index contributed by atoms with van der Waals surface area (Å²) in [6.07, 6.45) is 6.28. The highest BCUT2D eigenvalue weighted by molar-refractivity contribution is 7.92. The Morgan fingerprint density at radius 2 is 1.89 bits per heavy atom. The molecule has 19 heavy (non-hydrogen) atoms. The number of amides is 1. The standard InChI is InChI=1S/C13H26N2O3S/c1-2-3-6-9-19(17,18)10-12(16)15-13(11-14)7-4-5-8-13/h2-11,14H2,1H3,(H,15,16). The van der Waals surface area contributed by atoms with Gasteiger partial charge in [-0.05, 0) is 19.3 Å². The Balaban J connectivity index is 2.45. The average Bonchev–Trinajstić information content (AvgIpc) is 2.77. The second-order valence-corrected chi connectivity index (χ2v) is 7.72. The van der Waals surface area contributed by atoms with Gasteiger partial charge in [-0.25, -0.2) is 8.42 Å². The zero-order valence-corrected chi connectivity index (χ0v) is 12.6. The third-order valence-electron chi connectivity index (χ3n) is 3.77. The van der Waals surface area contributed by atoms with Crippen LogP contribution in [-0.4, -0.2) is 37.9 Å². The molecule has 1 fully saturated rings. The number of carbonyl (C=O) groups is 1. The minimum atomic E-state index is -3.28. The van der Waals surface area contributed by atoms with Crippen molar-refractivity contribution < 1.29 is 13.2 Å². The molecule has 1 aliphatic carbocycles. The van der Waals surface area contributed by atoms with Crippen LogP contribution in [0, 0.1) is 0 Å². The minimum absolute atomic E-state index is 0.101. The summed E-state index contributed by atoms with van der Waals surface area (Å²) in [4.78, 5) is 11.9. The van der Waals surface area contributed by atoms with E-state index >= 15 is 0 Å². The van der Waals surface area contributed by atoms with Crippen molar-refractivity contribution in [3.8, 4) is 0 Å². The van der Waals surface area contributed by atoms with Crippen LogP contribution in [0.4, 0.5) is 0 Å². The van der Waals surface area contributed by atoms with Crippen molar-refractivity contribution >= 4 is 15.7 Å². The van der Waals surface area contributed by atoms with Gasteiger partial charge >= 0.3 is 0 Å². The number of nitrogens with one attached hydrogen (secondary N) is 1. The van der Waals surface area contributed by atoms with Crippen LogP contribution in [0.3, 0.4) is 0 Å². The normalized spacial score (nSPS) is 18.4. The maximum Gasteiger partial charge on any atom is 0.235 e. The molecule has 0 aromatic heterocycles. The zero-order valence-electron chi connectivity index (χ0n) is 11.8. The fraction of sp³-hybridized carbons (Fsp3) is 0.923. The molecule has 0 saturated heterocycles. The number of carbonyl (C=O) groups excluding carboxylic acids is 1. The van der Waals surface area contributed by atoms with Crippen molar-refractivity contribution in [2.45, 2.75) is 57.4 Å². The van der Waals surface area contributed by atoms with Crippen LogP contribution >= 0.6 is 0 Å². The van der Waals surface area contributed by atoms with E-state index in [9.17, 15) is 13.2 Å². The van der Waals surface area contributed by atoms with Gasteiger partial charge in [-0.1, -0.05) is 32.6 Å². The van der Waals surface area contributed by atoms with Gasteiger partial charge in [0.2, 0.25) is 5.91 Å². The molecule has 0 radical (unpaired) electrons. The van der Waals surface area contributed by atoms with Crippen molar-refractivity contribution in [3.05, 3.63) is 0 Å². The van der Waals surface area contributed by atoms with Gasteiger partial charge in [0, 0.05) is 6.54 Å². The summed E-state index contributed by atoms with van der Waals surface area (Å²) in [6, 6.07) is 0. The molecule has 112 valence electrons. The van der Waals surface area contributed by atoms with E-state index in [0.717, 1.165) is 38.5 Å². The lowest BCUT2D eigenvalue weighted by Gasteiger charge is -2.28. The fourth-order valence-corrected chi connectivity index (χ4v) is 3.87. The van der Waals surface area contributed by atoms with Crippen molar-refractivity contribution in [1.29, 1.82) is 0 Å². The average molecular weight is 290 g/mol. The largest absolute Gasteiger partial charge is 0.349 e. The number of sulfone groups is 1. The third kappa shape index (κ3) is 5.48. The quantitative estimate of drug-likeness (QED) is 0.652. The van der Waals surface area contributed by atoms with Gasteiger partial charge in [0.05, 0.1) is 11.3 Å². The maximum atomic E-state index is 11.9. The summed E-state index contributed by atoms with van der Waals surface area (Å²) in [7, 11) is -3.28. The van der Waals surface area contributed by atoms with E-state index in [1.807, 2.05) is 6.92 Å². The van der Waals surface area contributed by atoms with Gasteiger partial charge in [0.1, 0.15) is 5.75 Å².